The molecule has 1 fully saturated rings. The Hall–Kier alpha value is -2.38. The number of urea groups is 1. The summed E-state index contributed by atoms with van der Waals surface area (Å²) in [5.74, 6) is 0. The molecule has 0 spiro atoms. The molecule has 0 radical (unpaired) electrons. The Balaban J connectivity index is 1.38. The van der Waals surface area contributed by atoms with Crippen molar-refractivity contribution in [1.29, 1.82) is 0 Å². The van der Waals surface area contributed by atoms with E-state index in [4.69, 9.17) is 0 Å². The first-order chi connectivity index (χ1) is 13.9. The van der Waals surface area contributed by atoms with Crippen molar-refractivity contribution in [2.45, 2.75) is 56.0 Å². The molecular formula is C22H29N3O3S. The van der Waals surface area contributed by atoms with Crippen LogP contribution in [-0.4, -0.2) is 33.1 Å². The van der Waals surface area contributed by atoms with E-state index in [1.165, 1.54) is 5.56 Å². The lowest BCUT2D eigenvalue weighted by Crippen LogP contribution is -2.47. The smallest absolute Gasteiger partial charge is 0.315 e. The third-order valence-electron chi connectivity index (χ3n) is 5.26. The van der Waals surface area contributed by atoms with Crippen LogP contribution in [0.15, 0.2) is 59.5 Å². The van der Waals surface area contributed by atoms with Crippen LogP contribution in [0, 0.1) is 6.92 Å². The molecule has 0 atom stereocenters. The minimum atomic E-state index is -3.51. The summed E-state index contributed by atoms with van der Waals surface area (Å²) in [7, 11) is -3.51. The topological polar surface area (TPSA) is 87.3 Å². The van der Waals surface area contributed by atoms with Gasteiger partial charge in [-0.1, -0.05) is 48.0 Å². The first-order valence-electron chi connectivity index (χ1n) is 10.1. The van der Waals surface area contributed by atoms with E-state index in [1.54, 1.807) is 24.3 Å². The molecule has 1 saturated carbocycles. The van der Waals surface area contributed by atoms with Crippen molar-refractivity contribution >= 4 is 16.1 Å². The van der Waals surface area contributed by atoms with E-state index in [1.807, 2.05) is 37.3 Å². The van der Waals surface area contributed by atoms with Gasteiger partial charge in [0, 0.05) is 18.6 Å². The number of hydrogen-bond donors (Lipinski definition) is 3. The molecule has 156 valence electrons. The van der Waals surface area contributed by atoms with Crippen LogP contribution >= 0.6 is 0 Å². The Morgan fingerprint density at radius 3 is 2.21 bits per heavy atom. The zero-order valence-corrected chi connectivity index (χ0v) is 17.5. The molecule has 0 aliphatic heterocycles. The van der Waals surface area contributed by atoms with E-state index in [0.717, 1.165) is 24.8 Å². The summed E-state index contributed by atoms with van der Waals surface area (Å²) in [4.78, 5) is 12.4. The molecule has 1 aliphatic carbocycles. The summed E-state index contributed by atoms with van der Waals surface area (Å²) in [5.41, 5.74) is 2.21. The fraction of sp³-hybridized carbons (Fsp3) is 0.409. The van der Waals surface area contributed by atoms with E-state index >= 15 is 0 Å². The van der Waals surface area contributed by atoms with Gasteiger partial charge in [-0.15, -0.1) is 0 Å². The van der Waals surface area contributed by atoms with Gasteiger partial charge >= 0.3 is 6.03 Å². The molecule has 3 rings (SSSR count). The highest BCUT2D eigenvalue weighted by molar-refractivity contribution is 7.89. The second kappa shape index (κ2) is 9.89. The maximum Gasteiger partial charge on any atom is 0.315 e. The average Bonchev–Trinajstić information content (AvgIpc) is 2.70. The SMILES string of the molecule is Cc1ccc(S(=O)(=O)NC2CCC(NC(=O)NCCc3ccccc3)CC2)cc1. The molecule has 3 N–H and O–H groups in total. The van der Waals surface area contributed by atoms with Gasteiger partial charge in [-0.2, -0.15) is 0 Å². The molecule has 1 aliphatic rings. The normalized spacial score (nSPS) is 19.5. The van der Waals surface area contributed by atoms with E-state index in [0.29, 0.717) is 24.3 Å². The number of rotatable bonds is 7. The van der Waals surface area contributed by atoms with Crippen LogP contribution in [0.4, 0.5) is 4.79 Å². The van der Waals surface area contributed by atoms with Crippen LogP contribution < -0.4 is 15.4 Å². The molecule has 0 saturated heterocycles. The summed E-state index contributed by atoms with van der Waals surface area (Å²) in [6.45, 7) is 2.51. The zero-order chi connectivity index (χ0) is 20.7. The van der Waals surface area contributed by atoms with Crippen molar-refractivity contribution in [3.05, 3.63) is 65.7 Å². The van der Waals surface area contributed by atoms with Crippen LogP contribution in [0.2, 0.25) is 0 Å². The largest absolute Gasteiger partial charge is 0.338 e. The van der Waals surface area contributed by atoms with Gasteiger partial charge in [0.25, 0.3) is 0 Å². The van der Waals surface area contributed by atoms with Gasteiger partial charge in [-0.3, -0.25) is 0 Å². The molecule has 7 heteroatoms. The van der Waals surface area contributed by atoms with Gasteiger partial charge in [0.1, 0.15) is 0 Å². The number of aryl methyl sites for hydroxylation is 1. The first kappa shape index (κ1) is 21.3. The van der Waals surface area contributed by atoms with Crippen molar-refractivity contribution in [2.24, 2.45) is 0 Å². The van der Waals surface area contributed by atoms with E-state index < -0.39 is 10.0 Å². The number of carbonyl (C=O) groups is 1. The first-order valence-corrected chi connectivity index (χ1v) is 11.6. The predicted octanol–water partition coefficient (Wildman–Crippen LogP) is 3.13. The summed E-state index contributed by atoms with van der Waals surface area (Å²) in [6, 6.07) is 16.7. The lowest BCUT2D eigenvalue weighted by molar-refractivity contribution is 0.230. The number of carbonyl (C=O) groups excluding carboxylic acids is 1. The lowest BCUT2D eigenvalue weighted by atomic mass is 9.92. The fourth-order valence-electron chi connectivity index (χ4n) is 3.56. The Kier molecular flexibility index (Phi) is 7.28. The number of benzene rings is 2. The van der Waals surface area contributed by atoms with Crippen LogP contribution in [0.25, 0.3) is 0 Å². The predicted molar refractivity (Wildman–Crippen MR) is 114 cm³/mol. The molecule has 29 heavy (non-hydrogen) atoms. The van der Waals surface area contributed by atoms with Crippen LogP contribution in [0.1, 0.15) is 36.8 Å². The van der Waals surface area contributed by atoms with E-state index in [2.05, 4.69) is 15.4 Å². The second-order valence-electron chi connectivity index (χ2n) is 7.62. The van der Waals surface area contributed by atoms with Gasteiger partial charge in [-0.05, 0) is 56.7 Å². The van der Waals surface area contributed by atoms with Crippen LogP contribution in [-0.2, 0) is 16.4 Å². The maximum absolute atomic E-state index is 12.5. The average molecular weight is 416 g/mol. The van der Waals surface area contributed by atoms with Gasteiger partial charge in [-0.25, -0.2) is 17.9 Å². The molecule has 2 amide bonds. The molecule has 0 unspecified atom stereocenters. The Labute approximate surface area is 173 Å². The second-order valence-corrected chi connectivity index (χ2v) is 9.33. The number of hydrogen-bond acceptors (Lipinski definition) is 3. The van der Waals surface area contributed by atoms with Gasteiger partial charge in [0.2, 0.25) is 10.0 Å². The quantitative estimate of drug-likeness (QED) is 0.649. The zero-order valence-electron chi connectivity index (χ0n) is 16.7. The Bertz CT molecular complexity index is 891. The third kappa shape index (κ3) is 6.58. The van der Waals surface area contributed by atoms with Crippen molar-refractivity contribution in [3.8, 4) is 0 Å². The molecule has 0 aromatic heterocycles. The molecule has 2 aromatic carbocycles. The fourth-order valence-corrected chi connectivity index (χ4v) is 4.87. The number of amides is 2. The maximum atomic E-state index is 12.5. The van der Waals surface area contributed by atoms with Crippen molar-refractivity contribution < 1.29 is 13.2 Å². The molecule has 6 nitrogen and oxygen atoms in total. The standard InChI is InChI=1S/C22H29N3O3S/c1-17-7-13-21(14-8-17)29(27,28)25-20-11-9-19(10-12-20)24-22(26)23-16-15-18-5-3-2-4-6-18/h2-8,13-14,19-20,25H,9-12,15-16H2,1H3,(H2,23,24,26). The van der Waals surface area contributed by atoms with Crippen LogP contribution in [0.5, 0.6) is 0 Å². The number of sulfonamides is 1. The summed E-state index contributed by atoms with van der Waals surface area (Å²) in [5, 5.41) is 5.89. The highest BCUT2D eigenvalue weighted by atomic mass is 32.2. The summed E-state index contributed by atoms with van der Waals surface area (Å²) < 4.78 is 27.8. The Morgan fingerprint density at radius 2 is 1.55 bits per heavy atom. The Morgan fingerprint density at radius 1 is 0.931 bits per heavy atom. The van der Waals surface area contributed by atoms with Crippen LogP contribution in [0.3, 0.4) is 0 Å². The minimum Gasteiger partial charge on any atom is -0.338 e. The van der Waals surface area contributed by atoms with Gasteiger partial charge < -0.3 is 10.6 Å². The monoisotopic (exact) mass is 415 g/mol. The van der Waals surface area contributed by atoms with Crippen molar-refractivity contribution in [2.75, 3.05) is 6.54 Å². The van der Waals surface area contributed by atoms with E-state index in [-0.39, 0.29) is 18.1 Å². The molecule has 0 heterocycles. The van der Waals surface area contributed by atoms with E-state index in [9.17, 15) is 13.2 Å². The highest BCUT2D eigenvalue weighted by Gasteiger charge is 2.26. The van der Waals surface area contributed by atoms with Gasteiger partial charge in [0.05, 0.1) is 4.90 Å². The van der Waals surface area contributed by atoms with Crippen molar-refractivity contribution in [1.82, 2.24) is 15.4 Å². The molecule has 0 bridgehead atoms. The van der Waals surface area contributed by atoms with Crippen molar-refractivity contribution in [3.63, 3.8) is 0 Å². The molecule has 2 aromatic rings. The highest BCUT2D eigenvalue weighted by Crippen LogP contribution is 2.21. The lowest BCUT2D eigenvalue weighted by Gasteiger charge is -2.29. The number of nitrogens with one attached hydrogen (secondary N) is 3. The summed E-state index contributed by atoms with van der Waals surface area (Å²) >= 11 is 0. The third-order valence-corrected chi connectivity index (χ3v) is 6.79. The molecular weight excluding hydrogens is 386 g/mol. The van der Waals surface area contributed by atoms with Gasteiger partial charge in [0.15, 0.2) is 0 Å². The summed E-state index contributed by atoms with van der Waals surface area (Å²) in [6.07, 6.45) is 3.72. The minimum absolute atomic E-state index is 0.0758.